The molecule has 0 saturated heterocycles. The van der Waals surface area contributed by atoms with E-state index in [4.69, 9.17) is 9.16 Å². The number of benzene rings is 1. The summed E-state index contributed by atoms with van der Waals surface area (Å²) in [5, 5.41) is 0.259. The molecule has 0 unspecified atom stereocenters. The van der Waals surface area contributed by atoms with Crippen LogP contribution in [-0.4, -0.2) is 26.0 Å². The van der Waals surface area contributed by atoms with Crippen molar-refractivity contribution in [2.75, 3.05) is 11.5 Å². The first-order valence-electron chi connectivity index (χ1n) is 12.6. The largest absolute Gasteiger partial charge is 0.497 e. The summed E-state index contributed by atoms with van der Waals surface area (Å²) in [7, 11) is -0.000714. The van der Waals surface area contributed by atoms with Crippen molar-refractivity contribution in [2.45, 2.75) is 96.4 Å². The van der Waals surface area contributed by atoms with Gasteiger partial charge in [-0.1, -0.05) is 68.0 Å². The van der Waals surface area contributed by atoms with Crippen LogP contribution in [0.3, 0.4) is 0 Å². The molecular weight excluding hydrogens is 523 g/mol. The number of ether oxygens (including phenoxy) is 1. The van der Waals surface area contributed by atoms with Gasteiger partial charge in [0, 0.05) is 5.41 Å². The van der Waals surface area contributed by atoms with E-state index in [1.54, 1.807) is 23.8 Å². The van der Waals surface area contributed by atoms with Crippen molar-refractivity contribution in [3.05, 3.63) is 41.0 Å². The van der Waals surface area contributed by atoms with Crippen molar-refractivity contribution in [2.24, 2.45) is 17.3 Å². The second kappa shape index (κ2) is 9.03. The summed E-state index contributed by atoms with van der Waals surface area (Å²) in [6.45, 7) is 14.5. The number of alkyl halides is 1. The Morgan fingerprint density at radius 2 is 1.97 bits per heavy atom. The highest BCUT2D eigenvalue weighted by Crippen LogP contribution is 2.62. The third-order valence-electron chi connectivity index (χ3n) is 9.38. The van der Waals surface area contributed by atoms with Crippen molar-refractivity contribution < 1.29 is 9.16 Å². The summed E-state index contributed by atoms with van der Waals surface area (Å²) >= 11 is 2.55. The Bertz CT molecular complexity index is 871. The molecule has 178 valence electrons. The first-order chi connectivity index (χ1) is 15.0. The molecule has 0 radical (unpaired) electrons. The third kappa shape index (κ3) is 4.26. The zero-order valence-electron chi connectivity index (χ0n) is 21.3. The van der Waals surface area contributed by atoms with Gasteiger partial charge in [-0.15, -0.1) is 0 Å². The monoisotopic (exact) mass is 566 g/mol. The number of fused-ring (bicyclic) bond motifs is 5. The minimum absolute atomic E-state index is 0.212. The molecule has 5 atom stereocenters. The standard InChI is InChI=1S/C28H43IO2Si/c1-27(2,3)32(6,7)31-25-13-12-24-26-19(9-8-16-29)17-20-18-21(30-5)10-11-22(20)23(26)14-15-28(24,25)4/h10-12,18-19,23,25-26H,8-9,13-17H2,1-7H3/t19-,23-,25+,26-,28+/m1/s1. The zero-order chi connectivity index (χ0) is 23.3. The van der Waals surface area contributed by atoms with Crippen LogP contribution in [0.2, 0.25) is 18.1 Å². The van der Waals surface area contributed by atoms with Crippen LogP contribution in [0.1, 0.15) is 76.8 Å². The van der Waals surface area contributed by atoms with Crippen molar-refractivity contribution in [1.82, 2.24) is 0 Å². The lowest BCUT2D eigenvalue weighted by Gasteiger charge is -2.52. The predicted octanol–water partition coefficient (Wildman–Crippen LogP) is 8.30. The topological polar surface area (TPSA) is 18.5 Å². The summed E-state index contributed by atoms with van der Waals surface area (Å²) in [5.41, 5.74) is 5.10. The Morgan fingerprint density at radius 3 is 2.62 bits per heavy atom. The summed E-state index contributed by atoms with van der Waals surface area (Å²) in [5.74, 6) is 3.10. The second-order valence-corrected chi connectivity index (χ2v) is 18.0. The lowest BCUT2D eigenvalue weighted by molar-refractivity contribution is 0.0465. The maximum atomic E-state index is 7.10. The van der Waals surface area contributed by atoms with Crippen molar-refractivity contribution >= 4 is 30.9 Å². The van der Waals surface area contributed by atoms with Crippen LogP contribution in [0.15, 0.2) is 29.8 Å². The molecule has 1 aromatic rings. The van der Waals surface area contributed by atoms with Crippen LogP contribution in [0.25, 0.3) is 0 Å². The van der Waals surface area contributed by atoms with Crippen LogP contribution < -0.4 is 4.74 Å². The normalized spacial score (nSPS) is 32.1. The maximum Gasteiger partial charge on any atom is 0.192 e. The minimum atomic E-state index is -1.79. The van der Waals surface area contributed by atoms with E-state index in [0.717, 1.165) is 18.1 Å². The molecule has 0 spiro atoms. The van der Waals surface area contributed by atoms with Gasteiger partial charge in [-0.05, 0) is 102 Å². The van der Waals surface area contributed by atoms with Gasteiger partial charge in [0.25, 0.3) is 0 Å². The van der Waals surface area contributed by atoms with Crippen LogP contribution in [0, 0.1) is 17.3 Å². The second-order valence-electron chi connectivity index (χ2n) is 12.2. The van der Waals surface area contributed by atoms with Crippen LogP contribution in [0.4, 0.5) is 0 Å². The molecule has 32 heavy (non-hydrogen) atoms. The fraction of sp³-hybridized carbons (Fsp3) is 0.714. The van der Waals surface area contributed by atoms with Gasteiger partial charge < -0.3 is 9.16 Å². The van der Waals surface area contributed by atoms with Crippen molar-refractivity contribution in [1.29, 1.82) is 0 Å². The van der Waals surface area contributed by atoms with Gasteiger partial charge in [0.1, 0.15) is 5.75 Å². The third-order valence-corrected chi connectivity index (χ3v) is 14.6. The highest BCUT2D eigenvalue weighted by Gasteiger charge is 2.55. The molecule has 4 heteroatoms. The van der Waals surface area contributed by atoms with E-state index in [1.807, 2.05) is 0 Å². The van der Waals surface area contributed by atoms with Crippen LogP contribution in [0.5, 0.6) is 5.75 Å². The van der Waals surface area contributed by atoms with E-state index in [1.165, 1.54) is 36.5 Å². The Balaban J connectivity index is 1.66. The van der Waals surface area contributed by atoms with Crippen molar-refractivity contribution in [3.8, 4) is 5.75 Å². The molecule has 1 fully saturated rings. The first kappa shape index (κ1) is 24.8. The van der Waals surface area contributed by atoms with E-state index in [2.05, 4.69) is 87.7 Å². The molecule has 1 aromatic carbocycles. The number of hydrogen-bond donors (Lipinski definition) is 0. The van der Waals surface area contributed by atoms with Crippen molar-refractivity contribution in [3.63, 3.8) is 0 Å². The number of hydrogen-bond acceptors (Lipinski definition) is 2. The summed E-state index contributed by atoms with van der Waals surface area (Å²) < 4.78 is 13.9. The first-order valence-corrected chi connectivity index (χ1v) is 17.1. The van der Waals surface area contributed by atoms with E-state index < -0.39 is 8.32 Å². The van der Waals surface area contributed by atoms with E-state index in [0.29, 0.717) is 17.9 Å². The number of methoxy groups -OCH3 is 1. The quantitative estimate of drug-likeness (QED) is 0.149. The summed E-state index contributed by atoms with van der Waals surface area (Å²) in [4.78, 5) is 0. The molecule has 0 N–H and O–H groups in total. The Morgan fingerprint density at radius 1 is 1.22 bits per heavy atom. The average Bonchev–Trinajstić information content (AvgIpc) is 3.06. The summed E-state index contributed by atoms with van der Waals surface area (Å²) in [6.07, 6.45) is 10.5. The predicted molar refractivity (Wildman–Crippen MR) is 147 cm³/mol. The van der Waals surface area contributed by atoms with Gasteiger partial charge in [-0.3, -0.25) is 0 Å². The summed E-state index contributed by atoms with van der Waals surface area (Å²) in [6, 6.07) is 6.88. The van der Waals surface area contributed by atoms with Gasteiger partial charge in [0.15, 0.2) is 8.32 Å². The SMILES string of the molecule is COc1ccc2c(c1)C[C@@H](CCCI)[C@H]1C3=CC[C@H](O[Si](C)(C)C(C)(C)C)[C@@]3(C)CC[C@H]21. The van der Waals surface area contributed by atoms with Crippen LogP contribution >= 0.6 is 22.6 Å². The molecule has 0 aromatic heterocycles. The van der Waals surface area contributed by atoms with Gasteiger partial charge in [0.05, 0.1) is 13.2 Å². The van der Waals surface area contributed by atoms with Crippen LogP contribution in [-0.2, 0) is 10.8 Å². The van der Waals surface area contributed by atoms with Gasteiger partial charge >= 0.3 is 0 Å². The molecule has 0 bridgehead atoms. The molecule has 0 aliphatic heterocycles. The average molecular weight is 567 g/mol. The highest BCUT2D eigenvalue weighted by molar-refractivity contribution is 14.1. The van der Waals surface area contributed by atoms with E-state index in [9.17, 15) is 0 Å². The Labute approximate surface area is 211 Å². The Kier molecular flexibility index (Phi) is 6.99. The highest BCUT2D eigenvalue weighted by atomic mass is 127. The fourth-order valence-electron chi connectivity index (χ4n) is 6.51. The molecule has 0 amide bonds. The van der Waals surface area contributed by atoms with E-state index >= 15 is 0 Å². The molecule has 1 saturated carbocycles. The molecule has 0 heterocycles. The molecule has 4 rings (SSSR count). The lowest BCUT2D eigenvalue weighted by atomic mass is 9.54. The van der Waals surface area contributed by atoms with Gasteiger partial charge in [0.2, 0.25) is 0 Å². The molecule has 3 aliphatic carbocycles. The minimum Gasteiger partial charge on any atom is -0.497 e. The molecule has 3 aliphatic rings. The lowest BCUT2D eigenvalue weighted by Crippen LogP contribution is -2.50. The maximum absolute atomic E-state index is 7.10. The zero-order valence-corrected chi connectivity index (χ0v) is 24.4. The van der Waals surface area contributed by atoms with E-state index in [-0.39, 0.29) is 10.5 Å². The Hall–Kier alpha value is -0.333. The fourth-order valence-corrected chi connectivity index (χ4v) is 8.37. The number of rotatable bonds is 6. The molecular formula is C28H43IO2Si. The van der Waals surface area contributed by atoms with Gasteiger partial charge in [-0.2, -0.15) is 0 Å². The molecule has 2 nitrogen and oxygen atoms in total. The van der Waals surface area contributed by atoms with Gasteiger partial charge in [-0.25, -0.2) is 0 Å². The number of halogens is 1. The smallest absolute Gasteiger partial charge is 0.192 e.